The van der Waals surface area contributed by atoms with Gasteiger partial charge in [0.25, 0.3) is 5.91 Å². The normalized spacial score (nSPS) is 10.6. The van der Waals surface area contributed by atoms with Crippen molar-refractivity contribution in [3.05, 3.63) is 59.1 Å². The Morgan fingerprint density at radius 2 is 2.10 bits per heavy atom. The number of amides is 1. The highest BCUT2D eigenvalue weighted by Gasteiger charge is 2.21. The zero-order valence-corrected chi connectivity index (χ0v) is 12.2. The molecule has 104 valence electrons. The summed E-state index contributed by atoms with van der Waals surface area (Å²) in [7, 11) is 0. The van der Waals surface area contributed by atoms with Gasteiger partial charge in [-0.05, 0) is 32.0 Å². The molecule has 2 heterocycles. The Morgan fingerprint density at radius 3 is 2.70 bits per heavy atom. The SMILES string of the molecule is CC(C)N(Cc1ccccn1)C(=O)c1ccncc1Cl. The Hall–Kier alpha value is -1.94. The molecule has 0 aliphatic heterocycles. The summed E-state index contributed by atoms with van der Waals surface area (Å²) in [5, 5.41) is 0.365. The van der Waals surface area contributed by atoms with Gasteiger partial charge in [-0.3, -0.25) is 14.8 Å². The first-order valence-corrected chi connectivity index (χ1v) is 6.77. The van der Waals surface area contributed by atoms with Crippen molar-refractivity contribution >= 4 is 17.5 Å². The van der Waals surface area contributed by atoms with Gasteiger partial charge >= 0.3 is 0 Å². The minimum atomic E-state index is -0.113. The number of hydrogen-bond donors (Lipinski definition) is 0. The van der Waals surface area contributed by atoms with Crippen LogP contribution in [-0.2, 0) is 6.54 Å². The Morgan fingerprint density at radius 1 is 1.30 bits per heavy atom. The quantitative estimate of drug-likeness (QED) is 0.868. The molecule has 0 fully saturated rings. The number of pyridine rings is 2. The molecule has 2 aromatic rings. The summed E-state index contributed by atoms with van der Waals surface area (Å²) >= 11 is 6.05. The van der Waals surface area contributed by atoms with E-state index in [2.05, 4.69) is 9.97 Å². The summed E-state index contributed by atoms with van der Waals surface area (Å²) in [6, 6.07) is 7.35. The molecular weight excluding hydrogens is 274 g/mol. The summed E-state index contributed by atoms with van der Waals surface area (Å²) < 4.78 is 0. The van der Waals surface area contributed by atoms with Crippen LogP contribution in [0.4, 0.5) is 0 Å². The third-order valence-electron chi connectivity index (χ3n) is 2.95. The monoisotopic (exact) mass is 289 g/mol. The number of aromatic nitrogens is 2. The van der Waals surface area contributed by atoms with Crippen LogP contribution < -0.4 is 0 Å². The number of nitrogens with zero attached hydrogens (tertiary/aromatic N) is 3. The van der Waals surface area contributed by atoms with E-state index in [9.17, 15) is 4.79 Å². The maximum absolute atomic E-state index is 12.6. The van der Waals surface area contributed by atoms with Crippen molar-refractivity contribution in [2.75, 3.05) is 0 Å². The van der Waals surface area contributed by atoms with E-state index in [-0.39, 0.29) is 11.9 Å². The molecule has 4 nitrogen and oxygen atoms in total. The molecule has 0 aliphatic carbocycles. The largest absolute Gasteiger partial charge is 0.330 e. The van der Waals surface area contributed by atoms with Crippen molar-refractivity contribution < 1.29 is 4.79 Å². The van der Waals surface area contributed by atoms with Crippen molar-refractivity contribution in [1.29, 1.82) is 0 Å². The number of carbonyl (C=O) groups is 1. The molecule has 5 heteroatoms. The first-order valence-electron chi connectivity index (χ1n) is 6.40. The second kappa shape index (κ2) is 6.48. The number of hydrogen-bond acceptors (Lipinski definition) is 3. The topological polar surface area (TPSA) is 46.1 Å². The smallest absolute Gasteiger partial charge is 0.256 e. The van der Waals surface area contributed by atoms with Crippen molar-refractivity contribution in [3.8, 4) is 0 Å². The molecule has 2 aromatic heterocycles. The number of rotatable bonds is 4. The fraction of sp³-hybridized carbons (Fsp3) is 0.267. The molecule has 0 aliphatic rings. The second-order valence-corrected chi connectivity index (χ2v) is 5.11. The van der Waals surface area contributed by atoms with Crippen LogP contribution >= 0.6 is 11.6 Å². The summed E-state index contributed by atoms with van der Waals surface area (Å²) in [6.07, 6.45) is 4.77. The molecular formula is C15H16ClN3O. The van der Waals surface area contributed by atoms with E-state index in [1.165, 1.54) is 6.20 Å². The fourth-order valence-electron chi connectivity index (χ4n) is 1.86. The van der Waals surface area contributed by atoms with Gasteiger partial charge in [0.1, 0.15) is 0 Å². The third kappa shape index (κ3) is 3.33. The highest BCUT2D eigenvalue weighted by atomic mass is 35.5. The van der Waals surface area contributed by atoms with Gasteiger partial charge in [-0.25, -0.2) is 0 Å². The van der Waals surface area contributed by atoms with E-state index in [0.29, 0.717) is 17.1 Å². The molecule has 0 saturated heterocycles. The van der Waals surface area contributed by atoms with E-state index >= 15 is 0 Å². The fourth-order valence-corrected chi connectivity index (χ4v) is 2.06. The predicted molar refractivity (Wildman–Crippen MR) is 78.5 cm³/mol. The lowest BCUT2D eigenvalue weighted by atomic mass is 10.2. The molecule has 1 amide bonds. The summed E-state index contributed by atoms with van der Waals surface area (Å²) in [6.45, 7) is 4.39. The lowest BCUT2D eigenvalue weighted by Gasteiger charge is -2.26. The molecule has 0 radical (unpaired) electrons. The Kier molecular flexibility index (Phi) is 4.69. The lowest BCUT2D eigenvalue weighted by Crippen LogP contribution is -2.36. The van der Waals surface area contributed by atoms with Crippen LogP contribution in [-0.4, -0.2) is 26.8 Å². The van der Waals surface area contributed by atoms with Crippen LogP contribution in [0.25, 0.3) is 0 Å². The Labute approximate surface area is 123 Å². The molecule has 0 saturated carbocycles. The average molecular weight is 290 g/mol. The van der Waals surface area contributed by atoms with Gasteiger partial charge in [-0.1, -0.05) is 17.7 Å². The first-order chi connectivity index (χ1) is 9.59. The molecule has 0 unspecified atom stereocenters. The Bertz CT molecular complexity index is 587. The zero-order chi connectivity index (χ0) is 14.5. The first kappa shape index (κ1) is 14.5. The molecule has 2 rings (SSSR count). The third-order valence-corrected chi connectivity index (χ3v) is 3.25. The molecule has 0 aromatic carbocycles. The van der Waals surface area contributed by atoms with Crippen molar-refractivity contribution in [3.63, 3.8) is 0 Å². The van der Waals surface area contributed by atoms with Crippen molar-refractivity contribution in [1.82, 2.24) is 14.9 Å². The highest BCUT2D eigenvalue weighted by molar-refractivity contribution is 6.33. The van der Waals surface area contributed by atoms with Gasteiger partial charge in [0.15, 0.2) is 0 Å². The molecule has 0 N–H and O–H groups in total. The standard InChI is InChI=1S/C15H16ClN3O/c1-11(2)19(10-12-5-3-4-7-18-12)15(20)13-6-8-17-9-14(13)16/h3-9,11H,10H2,1-2H3. The van der Waals surface area contributed by atoms with E-state index < -0.39 is 0 Å². The molecule has 0 bridgehead atoms. The maximum atomic E-state index is 12.6. The van der Waals surface area contributed by atoms with Crippen LogP contribution in [0.3, 0.4) is 0 Å². The average Bonchev–Trinajstić information content (AvgIpc) is 2.45. The van der Waals surface area contributed by atoms with Crippen molar-refractivity contribution in [2.45, 2.75) is 26.4 Å². The summed E-state index contributed by atoms with van der Waals surface area (Å²) in [5.74, 6) is -0.113. The highest BCUT2D eigenvalue weighted by Crippen LogP contribution is 2.18. The number of carbonyl (C=O) groups excluding carboxylic acids is 1. The molecule has 20 heavy (non-hydrogen) atoms. The van der Waals surface area contributed by atoms with Gasteiger partial charge in [0.05, 0.1) is 22.8 Å². The van der Waals surface area contributed by atoms with E-state index in [1.807, 2.05) is 32.0 Å². The number of halogens is 1. The lowest BCUT2D eigenvalue weighted by molar-refractivity contribution is 0.0688. The van der Waals surface area contributed by atoms with Gasteiger partial charge < -0.3 is 4.90 Å². The van der Waals surface area contributed by atoms with Gasteiger partial charge in [-0.15, -0.1) is 0 Å². The van der Waals surface area contributed by atoms with Crippen LogP contribution in [0.15, 0.2) is 42.9 Å². The minimum Gasteiger partial charge on any atom is -0.330 e. The van der Waals surface area contributed by atoms with Crippen LogP contribution in [0.5, 0.6) is 0 Å². The zero-order valence-electron chi connectivity index (χ0n) is 11.5. The van der Waals surface area contributed by atoms with Gasteiger partial charge in [0.2, 0.25) is 0 Å². The Balaban J connectivity index is 2.25. The summed E-state index contributed by atoms with van der Waals surface area (Å²) in [5.41, 5.74) is 1.31. The minimum absolute atomic E-state index is 0.0498. The predicted octanol–water partition coefficient (Wildman–Crippen LogP) is 3.18. The van der Waals surface area contributed by atoms with Crippen LogP contribution in [0.1, 0.15) is 29.9 Å². The van der Waals surface area contributed by atoms with Crippen molar-refractivity contribution in [2.24, 2.45) is 0 Å². The van der Waals surface area contributed by atoms with Crippen LogP contribution in [0, 0.1) is 0 Å². The molecule has 0 atom stereocenters. The van der Waals surface area contributed by atoms with Gasteiger partial charge in [0, 0.05) is 24.6 Å². The van der Waals surface area contributed by atoms with E-state index in [1.54, 1.807) is 23.4 Å². The second-order valence-electron chi connectivity index (χ2n) is 4.70. The maximum Gasteiger partial charge on any atom is 0.256 e. The van der Waals surface area contributed by atoms with Gasteiger partial charge in [-0.2, -0.15) is 0 Å². The van der Waals surface area contributed by atoms with E-state index in [0.717, 1.165) is 5.69 Å². The summed E-state index contributed by atoms with van der Waals surface area (Å²) in [4.78, 5) is 22.5. The molecule has 0 spiro atoms. The van der Waals surface area contributed by atoms with Crippen LogP contribution in [0.2, 0.25) is 5.02 Å². The van der Waals surface area contributed by atoms with E-state index in [4.69, 9.17) is 11.6 Å².